The van der Waals surface area contributed by atoms with E-state index in [1.165, 1.54) is 4.90 Å². The molecule has 0 saturated carbocycles. The van der Waals surface area contributed by atoms with Crippen molar-refractivity contribution in [1.82, 2.24) is 4.90 Å². The van der Waals surface area contributed by atoms with Crippen LogP contribution in [0.1, 0.15) is 44.4 Å². The van der Waals surface area contributed by atoms with E-state index in [4.69, 9.17) is 4.74 Å². The largest absolute Gasteiger partial charge is 0.444 e. The van der Waals surface area contributed by atoms with Crippen molar-refractivity contribution >= 4 is 12.4 Å². The highest BCUT2D eigenvalue weighted by Gasteiger charge is 2.37. The summed E-state index contributed by atoms with van der Waals surface area (Å²) in [6.45, 7) is 11.0. The molecule has 0 spiro atoms. The lowest BCUT2D eigenvalue weighted by atomic mass is 9.87. The number of hydrogen-bond donors (Lipinski definition) is 0. The molecule has 0 fully saturated rings. The third-order valence-electron chi connectivity index (χ3n) is 3.53. The number of rotatable bonds is 3. The van der Waals surface area contributed by atoms with Crippen LogP contribution in [0.5, 0.6) is 0 Å². The van der Waals surface area contributed by atoms with Gasteiger partial charge in [0.2, 0.25) is 0 Å². The Kier molecular flexibility index (Phi) is 4.82. The number of benzene rings is 1. The fourth-order valence-corrected chi connectivity index (χ4v) is 2.12. The Balaban J connectivity index is 3.23. The van der Waals surface area contributed by atoms with Crippen LogP contribution >= 0.6 is 0 Å². The van der Waals surface area contributed by atoms with E-state index in [2.05, 4.69) is 0 Å². The van der Waals surface area contributed by atoms with Crippen LogP contribution in [0.2, 0.25) is 0 Å². The van der Waals surface area contributed by atoms with Crippen molar-refractivity contribution in [3.8, 4) is 0 Å². The summed E-state index contributed by atoms with van der Waals surface area (Å²) in [5.41, 5.74) is 1.16. The maximum atomic E-state index is 12.3. The van der Waals surface area contributed by atoms with Crippen molar-refractivity contribution in [2.24, 2.45) is 0 Å². The lowest BCUT2D eigenvalue weighted by molar-refractivity contribution is -0.117. The van der Waals surface area contributed by atoms with Crippen LogP contribution in [0.4, 0.5) is 4.79 Å². The van der Waals surface area contributed by atoms with Gasteiger partial charge in [0.15, 0.2) is 0 Å². The molecule has 0 N–H and O–H groups in total. The SMILES string of the molecule is Cc1ccc(C)c(C(C)(C=O)N(C)C(=O)OC(C)(C)C)c1. The molecule has 0 radical (unpaired) electrons. The molecule has 1 atom stereocenters. The molecule has 0 aromatic heterocycles. The molecule has 0 aliphatic rings. The van der Waals surface area contributed by atoms with E-state index >= 15 is 0 Å². The summed E-state index contributed by atoms with van der Waals surface area (Å²) in [5.74, 6) is 0. The lowest BCUT2D eigenvalue weighted by Gasteiger charge is -2.36. The molecule has 1 rings (SSSR count). The second-order valence-electron chi connectivity index (χ2n) is 6.62. The van der Waals surface area contributed by atoms with Gasteiger partial charge in [0.1, 0.15) is 17.4 Å². The summed E-state index contributed by atoms with van der Waals surface area (Å²) in [6, 6.07) is 5.87. The lowest BCUT2D eigenvalue weighted by Crippen LogP contribution is -2.48. The molecule has 0 aliphatic heterocycles. The van der Waals surface area contributed by atoms with E-state index in [1.807, 2.05) is 32.0 Å². The molecule has 0 bridgehead atoms. The van der Waals surface area contributed by atoms with Crippen molar-refractivity contribution in [2.45, 2.75) is 52.7 Å². The first-order chi connectivity index (χ1) is 9.51. The Bertz CT molecular complexity index is 545. The number of hydrogen-bond acceptors (Lipinski definition) is 3. The highest BCUT2D eigenvalue weighted by molar-refractivity contribution is 5.78. The van der Waals surface area contributed by atoms with Crippen LogP contribution in [0.15, 0.2) is 18.2 Å². The zero-order valence-corrected chi connectivity index (χ0v) is 14.0. The van der Waals surface area contributed by atoms with Crippen molar-refractivity contribution in [2.75, 3.05) is 7.05 Å². The third kappa shape index (κ3) is 3.84. The first-order valence-electron chi connectivity index (χ1n) is 7.02. The second-order valence-corrected chi connectivity index (χ2v) is 6.62. The number of carbonyl (C=O) groups is 2. The summed E-state index contributed by atoms with van der Waals surface area (Å²) in [4.78, 5) is 25.4. The van der Waals surface area contributed by atoms with Gasteiger partial charge in [0.25, 0.3) is 0 Å². The van der Waals surface area contributed by atoms with Gasteiger partial charge >= 0.3 is 6.09 Å². The number of aryl methyl sites for hydroxylation is 2. The van der Waals surface area contributed by atoms with Gasteiger partial charge in [0, 0.05) is 7.05 Å². The number of carbonyl (C=O) groups excluding carboxylic acids is 2. The standard InChI is InChI=1S/C17H25NO3/c1-12-8-9-13(2)14(10-12)17(6,11-19)18(7)15(20)21-16(3,4)5/h8-11H,1-7H3. The normalized spacial score (nSPS) is 14.2. The zero-order chi connectivity index (χ0) is 16.4. The van der Waals surface area contributed by atoms with E-state index in [1.54, 1.807) is 34.7 Å². The topological polar surface area (TPSA) is 46.6 Å². The van der Waals surface area contributed by atoms with E-state index in [0.717, 1.165) is 23.0 Å². The van der Waals surface area contributed by atoms with E-state index in [0.29, 0.717) is 0 Å². The molecule has 4 heteroatoms. The fraction of sp³-hybridized carbons (Fsp3) is 0.529. The van der Waals surface area contributed by atoms with Crippen molar-refractivity contribution in [3.63, 3.8) is 0 Å². The molecule has 1 aromatic carbocycles. The molecule has 0 saturated heterocycles. The van der Waals surface area contributed by atoms with Crippen LogP contribution in [0, 0.1) is 13.8 Å². The molecular formula is C17H25NO3. The number of nitrogens with zero attached hydrogens (tertiary/aromatic N) is 1. The summed E-state index contributed by atoms with van der Waals surface area (Å²) < 4.78 is 5.37. The molecule has 1 unspecified atom stereocenters. The average Bonchev–Trinajstić information content (AvgIpc) is 2.37. The Morgan fingerprint density at radius 3 is 2.24 bits per heavy atom. The van der Waals surface area contributed by atoms with Crippen LogP contribution in [-0.4, -0.2) is 29.9 Å². The summed E-state index contributed by atoms with van der Waals surface area (Å²) >= 11 is 0. The van der Waals surface area contributed by atoms with E-state index < -0.39 is 17.2 Å². The monoisotopic (exact) mass is 291 g/mol. The van der Waals surface area contributed by atoms with Crippen LogP contribution in [-0.2, 0) is 15.1 Å². The number of likely N-dealkylation sites (N-methyl/N-ethyl adjacent to an activating group) is 1. The summed E-state index contributed by atoms with van der Waals surface area (Å²) in [7, 11) is 1.59. The van der Waals surface area contributed by atoms with Crippen molar-refractivity contribution in [3.05, 3.63) is 34.9 Å². The minimum atomic E-state index is -1.06. The predicted molar refractivity (Wildman–Crippen MR) is 83.3 cm³/mol. The summed E-state index contributed by atoms with van der Waals surface area (Å²) in [5, 5.41) is 0. The average molecular weight is 291 g/mol. The van der Waals surface area contributed by atoms with Gasteiger partial charge < -0.3 is 9.53 Å². The van der Waals surface area contributed by atoms with Gasteiger partial charge in [0.05, 0.1) is 0 Å². The van der Waals surface area contributed by atoms with Gasteiger partial charge in [-0.15, -0.1) is 0 Å². The molecule has 116 valence electrons. The first kappa shape index (κ1) is 17.2. The molecule has 21 heavy (non-hydrogen) atoms. The third-order valence-corrected chi connectivity index (χ3v) is 3.53. The van der Waals surface area contributed by atoms with Crippen LogP contribution < -0.4 is 0 Å². The van der Waals surface area contributed by atoms with Crippen LogP contribution in [0.3, 0.4) is 0 Å². The number of amides is 1. The smallest absolute Gasteiger partial charge is 0.411 e. The minimum Gasteiger partial charge on any atom is -0.444 e. The van der Waals surface area contributed by atoms with Crippen LogP contribution in [0.25, 0.3) is 0 Å². The van der Waals surface area contributed by atoms with Gasteiger partial charge in [-0.3, -0.25) is 4.90 Å². The van der Waals surface area contributed by atoms with Crippen molar-refractivity contribution < 1.29 is 14.3 Å². The fourth-order valence-electron chi connectivity index (χ4n) is 2.12. The Morgan fingerprint density at radius 2 is 1.76 bits per heavy atom. The van der Waals surface area contributed by atoms with E-state index in [9.17, 15) is 9.59 Å². The second kappa shape index (κ2) is 5.88. The highest BCUT2D eigenvalue weighted by atomic mass is 16.6. The van der Waals surface area contributed by atoms with E-state index in [-0.39, 0.29) is 0 Å². The first-order valence-corrected chi connectivity index (χ1v) is 7.02. The Morgan fingerprint density at radius 1 is 1.19 bits per heavy atom. The van der Waals surface area contributed by atoms with Gasteiger partial charge in [-0.25, -0.2) is 4.79 Å². The molecule has 1 aromatic rings. The molecule has 1 amide bonds. The summed E-state index contributed by atoms with van der Waals surface area (Å²) in [6.07, 6.45) is 0.275. The molecule has 0 heterocycles. The zero-order valence-electron chi connectivity index (χ0n) is 14.0. The minimum absolute atomic E-state index is 0.516. The highest BCUT2D eigenvalue weighted by Crippen LogP contribution is 2.30. The van der Waals surface area contributed by atoms with Gasteiger partial charge in [-0.2, -0.15) is 0 Å². The predicted octanol–water partition coefficient (Wildman–Crippen LogP) is 3.58. The molecular weight excluding hydrogens is 266 g/mol. The Labute approximate surface area is 127 Å². The maximum absolute atomic E-state index is 12.3. The van der Waals surface area contributed by atoms with Gasteiger partial charge in [-0.1, -0.05) is 23.8 Å². The number of ether oxygens (including phenoxy) is 1. The molecule has 4 nitrogen and oxygen atoms in total. The van der Waals surface area contributed by atoms with Gasteiger partial charge in [-0.05, 0) is 52.7 Å². The quantitative estimate of drug-likeness (QED) is 0.800. The maximum Gasteiger partial charge on any atom is 0.411 e. The number of aldehydes is 1. The van der Waals surface area contributed by atoms with Crippen molar-refractivity contribution in [1.29, 1.82) is 0 Å². The molecule has 0 aliphatic carbocycles. The Hall–Kier alpha value is -1.84.